The second-order valence-electron chi connectivity index (χ2n) is 6.51. The third-order valence-corrected chi connectivity index (χ3v) is 5.26. The van der Waals surface area contributed by atoms with Gasteiger partial charge in [0.15, 0.2) is 0 Å². The summed E-state index contributed by atoms with van der Waals surface area (Å²) in [4.78, 5) is 17.5. The zero-order valence-corrected chi connectivity index (χ0v) is 16.7. The van der Waals surface area contributed by atoms with E-state index >= 15 is 0 Å². The molecular weight excluding hydrogens is 370 g/mol. The fourth-order valence-electron chi connectivity index (χ4n) is 2.69. The minimum Gasteiger partial charge on any atom is -0.396 e. The van der Waals surface area contributed by atoms with E-state index in [0.29, 0.717) is 17.7 Å². The van der Waals surface area contributed by atoms with Gasteiger partial charge in [-0.2, -0.15) is 0 Å². The third-order valence-electron chi connectivity index (χ3n) is 4.32. The Balaban J connectivity index is 1.77. The lowest BCUT2D eigenvalue weighted by Gasteiger charge is -2.13. The van der Waals surface area contributed by atoms with Crippen molar-refractivity contribution in [2.45, 2.75) is 25.2 Å². The summed E-state index contributed by atoms with van der Waals surface area (Å²) in [6.45, 7) is 4.00. The SMILES string of the molecule is Cc1ccc(NSc2cc(NC(=O)c3cnccc3C)ccc2CCO)cc1. The highest BCUT2D eigenvalue weighted by molar-refractivity contribution is 8.00. The topological polar surface area (TPSA) is 74.2 Å². The van der Waals surface area contributed by atoms with E-state index in [1.54, 1.807) is 12.4 Å². The van der Waals surface area contributed by atoms with Gasteiger partial charge in [-0.3, -0.25) is 9.78 Å². The van der Waals surface area contributed by atoms with Crippen molar-refractivity contribution >= 4 is 29.2 Å². The van der Waals surface area contributed by atoms with E-state index in [1.165, 1.54) is 17.5 Å². The first-order valence-corrected chi connectivity index (χ1v) is 9.84. The van der Waals surface area contributed by atoms with Gasteiger partial charge in [-0.15, -0.1) is 0 Å². The summed E-state index contributed by atoms with van der Waals surface area (Å²) in [5.41, 5.74) is 5.33. The fraction of sp³-hybridized carbons (Fsp3) is 0.182. The fourth-order valence-corrected chi connectivity index (χ4v) is 3.54. The van der Waals surface area contributed by atoms with E-state index < -0.39 is 0 Å². The summed E-state index contributed by atoms with van der Waals surface area (Å²) in [5, 5.41) is 12.3. The molecule has 0 atom stereocenters. The number of carbonyl (C=O) groups is 1. The summed E-state index contributed by atoms with van der Waals surface area (Å²) in [7, 11) is 0. The number of carbonyl (C=O) groups excluding carboxylic acids is 1. The molecule has 144 valence electrons. The first kappa shape index (κ1) is 19.9. The molecule has 0 radical (unpaired) electrons. The number of nitrogens with zero attached hydrogens (tertiary/aromatic N) is 1. The van der Waals surface area contributed by atoms with Crippen LogP contribution >= 0.6 is 11.9 Å². The quantitative estimate of drug-likeness (QED) is 0.512. The van der Waals surface area contributed by atoms with Gasteiger partial charge in [0.25, 0.3) is 5.91 Å². The molecule has 0 aliphatic rings. The Labute approximate surface area is 169 Å². The van der Waals surface area contributed by atoms with Crippen molar-refractivity contribution in [3.05, 3.63) is 83.2 Å². The van der Waals surface area contributed by atoms with E-state index in [9.17, 15) is 9.90 Å². The van der Waals surface area contributed by atoms with Crippen molar-refractivity contribution in [2.75, 3.05) is 16.6 Å². The average Bonchev–Trinajstić information content (AvgIpc) is 2.69. The maximum absolute atomic E-state index is 12.6. The normalized spacial score (nSPS) is 10.5. The van der Waals surface area contributed by atoms with E-state index in [4.69, 9.17) is 0 Å². The monoisotopic (exact) mass is 393 g/mol. The minimum absolute atomic E-state index is 0.0681. The second kappa shape index (κ2) is 9.39. The molecule has 1 heterocycles. The van der Waals surface area contributed by atoms with Crippen LogP contribution in [-0.2, 0) is 6.42 Å². The number of aliphatic hydroxyl groups is 1. The van der Waals surface area contributed by atoms with E-state index in [-0.39, 0.29) is 12.5 Å². The number of hydrogen-bond donors (Lipinski definition) is 3. The molecule has 1 aromatic heterocycles. The highest BCUT2D eigenvalue weighted by Crippen LogP contribution is 2.28. The van der Waals surface area contributed by atoms with Crippen LogP contribution in [0.2, 0.25) is 0 Å². The maximum Gasteiger partial charge on any atom is 0.257 e. The molecule has 0 saturated carbocycles. The number of rotatable bonds is 7. The number of pyridine rings is 1. The molecule has 3 rings (SSSR count). The Morgan fingerprint density at radius 2 is 1.82 bits per heavy atom. The van der Waals surface area contributed by atoms with Gasteiger partial charge >= 0.3 is 0 Å². The number of aromatic nitrogens is 1. The van der Waals surface area contributed by atoms with Crippen LogP contribution in [-0.4, -0.2) is 22.6 Å². The van der Waals surface area contributed by atoms with Crippen LogP contribution in [0.25, 0.3) is 0 Å². The van der Waals surface area contributed by atoms with Gasteiger partial charge in [0.2, 0.25) is 0 Å². The van der Waals surface area contributed by atoms with Gasteiger partial charge in [-0.25, -0.2) is 0 Å². The molecule has 2 aromatic carbocycles. The van der Waals surface area contributed by atoms with E-state index in [1.807, 2.05) is 62.4 Å². The summed E-state index contributed by atoms with van der Waals surface area (Å²) < 4.78 is 3.32. The van der Waals surface area contributed by atoms with E-state index in [0.717, 1.165) is 21.7 Å². The Bertz CT molecular complexity index is 958. The first-order valence-electron chi connectivity index (χ1n) is 9.02. The Morgan fingerprint density at radius 3 is 2.54 bits per heavy atom. The van der Waals surface area contributed by atoms with Crippen molar-refractivity contribution in [1.82, 2.24) is 4.98 Å². The molecule has 6 heteroatoms. The highest BCUT2D eigenvalue weighted by Gasteiger charge is 2.11. The predicted molar refractivity (Wildman–Crippen MR) is 115 cm³/mol. The molecule has 0 bridgehead atoms. The van der Waals surface area contributed by atoms with Crippen LogP contribution in [0.5, 0.6) is 0 Å². The molecule has 0 spiro atoms. The molecular formula is C22H23N3O2S. The van der Waals surface area contributed by atoms with Crippen LogP contribution in [0.1, 0.15) is 27.0 Å². The lowest BCUT2D eigenvalue weighted by atomic mass is 10.1. The summed E-state index contributed by atoms with van der Waals surface area (Å²) in [6.07, 6.45) is 3.79. The first-order chi connectivity index (χ1) is 13.6. The van der Waals surface area contributed by atoms with Crippen LogP contribution in [0.4, 0.5) is 11.4 Å². The lowest BCUT2D eigenvalue weighted by Crippen LogP contribution is -2.14. The number of aliphatic hydroxyl groups excluding tert-OH is 1. The molecule has 0 aliphatic carbocycles. The zero-order chi connectivity index (χ0) is 19.9. The molecule has 0 saturated heterocycles. The van der Waals surface area contributed by atoms with Gasteiger partial charge in [-0.1, -0.05) is 23.8 Å². The van der Waals surface area contributed by atoms with Crippen molar-refractivity contribution in [2.24, 2.45) is 0 Å². The standard InChI is InChI=1S/C22H23N3O2S/c1-15-3-6-18(7-4-15)25-28-21-13-19(8-5-17(21)10-12-26)24-22(27)20-14-23-11-9-16(20)2/h3-9,11,13-14,25-26H,10,12H2,1-2H3,(H,24,27). The lowest BCUT2D eigenvalue weighted by molar-refractivity contribution is 0.102. The van der Waals surface area contributed by atoms with Crippen molar-refractivity contribution in [3.63, 3.8) is 0 Å². The molecule has 1 amide bonds. The highest BCUT2D eigenvalue weighted by atomic mass is 32.2. The largest absolute Gasteiger partial charge is 0.396 e. The number of benzene rings is 2. The second-order valence-corrected chi connectivity index (χ2v) is 7.36. The van der Waals surface area contributed by atoms with Gasteiger partial charge in [0, 0.05) is 35.3 Å². The van der Waals surface area contributed by atoms with Crippen LogP contribution < -0.4 is 10.0 Å². The summed E-state index contributed by atoms with van der Waals surface area (Å²) in [6, 6.07) is 15.6. The number of nitrogens with one attached hydrogen (secondary N) is 2. The molecule has 28 heavy (non-hydrogen) atoms. The molecule has 0 fully saturated rings. The third kappa shape index (κ3) is 5.12. The minimum atomic E-state index is -0.192. The molecule has 3 aromatic rings. The number of anilines is 2. The molecule has 0 unspecified atom stereocenters. The summed E-state index contributed by atoms with van der Waals surface area (Å²) in [5.74, 6) is -0.192. The molecule has 0 aliphatic heterocycles. The van der Waals surface area contributed by atoms with Crippen LogP contribution in [0.15, 0.2) is 65.8 Å². The smallest absolute Gasteiger partial charge is 0.257 e. The van der Waals surface area contributed by atoms with Crippen LogP contribution in [0, 0.1) is 13.8 Å². The van der Waals surface area contributed by atoms with Crippen molar-refractivity contribution in [3.8, 4) is 0 Å². The molecule has 5 nitrogen and oxygen atoms in total. The van der Waals surface area contributed by atoms with E-state index in [2.05, 4.69) is 15.0 Å². The van der Waals surface area contributed by atoms with Gasteiger partial charge < -0.3 is 15.1 Å². The van der Waals surface area contributed by atoms with Gasteiger partial charge in [-0.05, 0) is 73.7 Å². The number of aryl methyl sites for hydroxylation is 2. The predicted octanol–water partition coefficient (Wildman–Crippen LogP) is 4.60. The number of hydrogen-bond acceptors (Lipinski definition) is 5. The summed E-state index contributed by atoms with van der Waals surface area (Å²) >= 11 is 1.46. The van der Waals surface area contributed by atoms with Gasteiger partial charge in [0.05, 0.1) is 5.56 Å². The Kier molecular flexibility index (Phi) is 6.68. The average molecular weight is 394 g/mol. The van der Waals surface area contributed by atoms with Crippen molar-refractivity contribution < 1.29 is 9.90 Å². The number of amides is 1. The molecule has 3 N–H and O–H groups in total. The Hall–Kier alpha value is -2.83. The van der Waals surface area contributed by atoms with Crippen molar-refractivity contribution in [1.29, 1.82) is 0 Å². The van der Waals surface area contributed by atoms with Crippen LogP contribution in [0.3, 0.4) is 0 Å². The Morgan fingerprint density at radius 1 is 1.07 bits per heavy atom. The van der Waals surface area contributed by atoms with Gasteiger partial charge in [0.1, 0.15) is 0 Å². The maximum atomic E-state index is 12.6. The zero-order valence-electron chi connectivity index (χ0n) is 15.9.